The fourth-order valence-electron chi connectivity index (χ4n) is 2.31. The van der Waals surface area contributed by atoms with E-state index in [0.717, 1.165) is 6.42 Å². The third kappa shape index (κ3) is 6.13. The van der Waals surface area contributed by atoms with E-state index in [0.29, 0.717) is 18.1 Å². The highest BCUT2D eigenvalue weighted by atomic mass is 16.5. The minimum Gasteiger partial charge on any atom is -0.493 e. The number of nitrogens with one attached hydrogen (secondary N) is 2. The molecule has 0 fully saturated rings. The van der Waals surface area contributed by atoms with Crippen LogP contribution in [0.4, 0.5) is 0 Å². The summed E-state index contributed by atoms with van der Waals surface area (Å²) in [5.74, 6) is -0.729. The number of ether oxygens (including phenoxy) is 3. The van der Waals surface area contributed by atoms with Crippen molar-refractivity contribution in [3.05, 3.63) is 53.6 Å². The van der Waals surface area contributed by atoms with Crippen LogP contribution in [0.1, 0.15) is 34.1 Å². The molecule has 3 amide bonds. The number of hydrazine groups is 1. The average molecular weight is 401 g/mol. The molecule has 0 aromatic heterocycles. The summed E-state index contributed by atoms with van der Waals surface area (Å²) in [5.41, 5.74) is 10.2. The maximum Gasteiger partial charge on any atom is 0.276 e. The van der Waals surface area contributed by atoms with Crippen LogP contribution in [0.15, 0.2) is 42.5 Å². The van der Waals surface area contributed by atoms with Crippen LogP contribution in [-0.2, 0) is 4.79 Å². The molecule has 0 aliphatic rings. The van der Waals surface area contributed by atoms with Gasteiger partial charge in [0.1, 0.15) is 5.75 Å². The lowest BCUT2D eigenvalue weighted by Gasteiger charge is -2.13. The highest BCUT2D eigenvalue weighted by molar-refractivity contribution is 5.96. The molecular formula is C20H23N3O6. The van der Waals surface area contributed by atoms with Gasteiger partial charge in [-0.15, -0.1) is 0 Å². The zero-order valence-corrected chi connectivity index (χ0v) is 16.2. The summed E-state index contributed by atoms with van der Waals surface area (Å²) in [7, 11) is 1.47. The lowest BCUT2D eigenvalue weighted by Crippen LogP contribution is -2.43. The largest absolute Gasteiger partial charge is 0.493 e. The predicted molar refractivity (Wildman–Crippen MR) is 105 cm³/mol. The first-order chi connectivity index (χ1) is 14.0. The number of rotatable bonds is 9. The number of nitrogens with two attached hydrogens (primary N) is 1. The molecule has 0 saturated heterocycles. The predicted octanol–water partition coefficient (Wildman–Crippen LogP) is 1.42. The molecule has 4 N–H and O–H groups in total. The van der Waals surface area contributed by atoms with Gasteiger partial charge in [0.2, 0.25) is 0 Å². The van der Waals surface area contributed by atoms with E-state index >= 15 is 0 Å². The maximum atomic E-state index is 12.2. The Hall–Kier alpha value is -3.75. The fraction of sp³-hybridized carbons (Fsp3) is 0.250. The first-order valence-corrected chi connectivity index (χ1v) is 8.88. The van der Waals surface area contributed by atoms with Crippen molar-refractivity contribution in [2.75, 3.05) is 20.3 Å². The van der Waals surface area contributed by atoms with E-state index in [-0.39, 0.29) is 16.9 Å². The van der Waals surface area contributed by atoms with E-state index in [9.17, 15) is 14.4 Å². The third-order valence-electron chi connectivity index (χ3n) is 3.71. The van der Waals surface area contributed by atoms with Crippen molar-refractivity contribution in [3.63, 3.8) is 0 Å². The first kappa shape index (κ1) is 21.5. The van der Waals surface area contributed by atoms with Crippen LogP contribution in [0.3, 0.4) is 0 Å². The molecule has 2 aromatic carbocycles. The standard InChI is InChI=1S/C20H23N3O6/c1-3-10-28-16-9-8-13(11-17(16)27-2)20(26)23-22-18(24)12-29-15-7-5-4-6-14(15)19(21)25/h4-9,11H,3,10,12H2,1-2H3,(H2,21,25)(H,22,24)(H,23,26). The van der Waals surface area contributed by atoms with Crippen LogP contribution < -0.4 is 30.8 Å². The van der Waals surface area contributed by atoms with Gasteiger partial charge in [-0.2, -0.15) is 0 Å². The summed E-state index contributed by atoms with van der Waals surface area (Å²) in [5, 5.41) is 0. The van der Waals surface area contributed by atoms with Crippen molar-refractivity contribution >= 4 is 17.7 Å². The molecule has 0 bridgehead atoms. The number of carbonyl (C=O) groups is 3. The van der Waals surface area contributed by atoms with Gasteiger partial charge in [0, 0.05) is 5.56 Å². The molecule has 154 valence electrons. The Kier molecular flexibility index (Phi) is 7.84. The van der Waals surface area contributed by atoms with Crippen LogP contribution >= 0.6 is 0 Å². The summed E-state index contributed by atoms with van der Waals surface area (Å²) < 4.78 is 16.0. The Morgan fingerprint density at radius 2 is 1.72 bits per heavy atom. The van der Waals surface area contributed by atoms with Gasteiger partial charge in [0.15, 0.2) is 18.1 Å². The van der Waals surface area contributed by atoms with E-state index in [4.69, 9.17) is 19.9 Å². The molecule has 0 unspecified atom stereocenters. The molecule has 0 atom stereocenters. The summed E-state index contributed by atoms with van der Waals surface area (Å²) >= 11 is 0. The highest BCUT2D eigenvalue weighted by Gasteiger charge is 2.13. The Morgan fingerprint density at radius 3 is 2.41 bits per heavy atom. The number of hydrogen-bond acceptors (Lipinski definition) is 6. The van der Waals surface area contributed by atoms with Gasteiger partial charge in [-0.1, -0.05) is 19.1 Å². The molecule has 9 heteroatoms. The molecule has 0 aliphatic heterocycles. The molecule has 2 rings (SSSR count). The monoisotopic (exact) mass is 401 g/mol. The van der Waals surface area contributed by atoms with Gasteiger partial charge in [-0.3, -0.25) is 25.2 Å². The Morgan fingerprint density at radius 1 is 0.966 bits per heavy atom. The molecule has 0 spiro atoms. The number of hydrogen-bond donors (Lipinski definition) is 3. The second-order valence-corrected chi connectivity index (χ2v) is 5.87. The number of para-hydroxylation sites is 1. The minimum absolute atomic E-state index is 0.154. The van der Waals surface area contributed by atoms with Crippen LogP contribution in [0, 0.1) is 0 Å². The van der Waals surface area contributed by atoms with E-state index in [1.165, 1.54) is 25.3 Å². The van der Waals surface area contributed by atoms with Gasteiger partial charge >= 0.3 is 0 Å². The number of primary amides is 1. The van der Waals surface area contributed by atoms with Gasteiger partial charge in [0.05, 0.1) is 19.3 Å². The lowest BCUT2D eigenvalue weighted by atomic mass is 10.2. The van der Waals surface area contributed by atoms with E-state index in [1.807, 2.05) is 6.92 Å². The summed E-state index contributed by atoms with van der Waals surface area (Å²) in [4.78, 5) is 35.5. The van der Waals surface area contributed by atoms with E-state index in [2.05, 4.69) is 10.9 Å². The first-order valence-electron chi connectivity index (χ1n) is 8.88. The maximum absolute atomic E-state index is 12.2. The molecule has 0 saturated carbocycles. The van der Waals surface area contributed by atoms with Crippen molar-refractivity contribution in [2.45, 2.75) is 13.3 Å². The normalized spacial score (nSPS) is 10.0. The van der Waals surface area contributed by atoms with Gasteiger partial charge in [-0.25, -0.2) is 0 Å². The fourth-order valence-corrected chi connectivity index (χ4v) is 2.31. The minimum atomic E-state index is -0.672. The second-order valence-electron chi connectivity index (χ2n) is 5.87. The third-order valence-corrected chi connectivity index (χ3v) is 3.71. The Labute approximate surface area is 168 Å². The summed E-state index contributed by atoms with van der Waals surface area (Å²) in [6.45, 7) is 2.09. The smallest absolute Gasteiger partial charge is 0.276 e. The molecule has 2 aromatic rings. The lowest BCUT2D eigenvalue weighted by molar-refractivity contribution is -0.123. The van der Waals surface area contributed by atoms with Crippen LogP contribution in [-0.4, -0.2) is 38.0 Å². The number of carbonyl (C=O) groups excluding carboxylic acids is 3. The Bertz CT molecular complexity index is 884. The van der Waals surface area contributed by atoms with Gasteiger partial charge < -0.3 is 19.9 Å². The number of benzene rings is 2. The zero-order valence-electron chi connectivity index (χ0n) is 16.2. The second kappa shape index (κ2) is 10.5. The topological polar surface area (TPSA) is 129 Å². The van der Waals surface area contributed by atoms with Crippen molar-refractivity contribution in [3.8, 4) is 17.2 Å². The quantitative estimate of drug-likeness (QED) is 0.545. The van der Waals surface area contributed by atoms with Crippen molar-refractivity contribution in [1.82, 2.24) is 10.9 Å². The van der Waals surface area contributed by atoms with Crippen LogP contribution in [0.25, 0.3) is 0 Å². The van der Waals surface area contributed by atoms with Crippen molar-refractivity contribution < 1.29 is 28.6 Å². The van der Waals surface area contributed by atoms with Crippen molar-refractivity contribution in [1.29, 1.82) is 0 Å². The van der Waals surface area contributed by atoms with E-state index < -0.39 is 24.3 Å². The van der Waals surface area contributed by atoms with Gasteiger partial charge in [-0.05, 0) is 36.8 Å². The molecule has 29 heavy (non-hydrogen) atoms. The molecular weight excluding hydrogens is 378 g/mol. The van der Waals surface area contributed by atoms with Gasteiger partial charge in [0.25, 0.3) is 17.7 Å². The summed E-state index contributed by atoms with van der Waals surface area (Å²) in [6.07, 6.45) is 0.837. The SMILES string of the molecule is CCCOc1ccc(C(=O)NNC(=O)COc2ccccc2C(N)=O)cc1OC. The van der Waals surface area contributed by atoms with Crippen LogP contribution in [0.5, 0.6) is 17.2 Å². The molecule has 9 nitrogen and oxygen atoms in total. The molecule has 0 heterocycles. The number of amides is 3. The molecule has 0 aliphatic carbocycles. The van der Waals surface area contributed by atoms with Crippen LogP contribution in [0.2, 0.25) is 0 Å². The molecule has 0 radical (unpaired) electrons. The highest BCUT2D eigenvalue weighted by Crippen LogP contribution is 2.28. The van der Waals surface area contributed by atoms with E-state index in [1.54, 1.807) is 24.3 Å². The van der Waals surface area contributed by atoms with Crippen molar-refractivity contribution in [2.24, 2.45) is 5.73 Å². The average Bonchev–Trinajstić information content (AvgIpc) is 2.74. The zero-order chi connectivity index (χ0) is 21.2. The number of methoxy groups -OCH3 is 1. The summed E-state index contributed by atoms with van der Waals surface area (Å²) in [6, 6.07) is 10.9. The Balaban J connectivity index is 1.90.